The molecule has 0 saturated carbocycles. The van der Waals surface area contributed by atoms with Crippen molar-refractivity contribution in [1.82, 2.24) is 0 Å². The largest absolute Gasteiger partial charge is 0.449 e. The van der Waals surface area contributed by atoms with Crippen molar-refractivity contribution in [3.05, 3.63) is 12.3 Å². The van der Waals surface area contributed by atoms with Crippen molar-refractivity contribution >= 4 is 5.90 Å². The number of aliphatic imine (C=N–C) groups is 1. The molecule has 0 aromatic carbocycles. The van der Waals surface area contributed by atoms with E-state index in [2.05, 4.69) is 11.6 Å². The standard InChI is InChI=1S/C6H11NO/c1-5(2)8-6(3)7-4/h1H2,2-4H3/b7-6+. The molecule has 0 N–H and O–H groups in total. The zero-order chi connectivity index (χ0) is 6.57. The predicted molar refractivity (Wildman–Crippen MR) is 34.9 cm³/mol. The van der Waals surface area contributed by atoms with Gasteiger partial charge in [0.25, 0.3) is 0 Å². The number of ether oxygens (including phenoxy) is 1. The monoisotopic (exact) mass is 113 g/mol. The fourth-order valence-electron chi connectivity index (χ4n) is 0.298. The summed E-state index contributed by atoms with van der Waals surface area (Å²) in [5.74, 6) is 1.32. The Morgan fingerprint density at radius 3 is 2.12 bits per heavy atom. The lowest BCUT2D eigenvalue weighted by atomic mass is 10.6. The minimum atomic E-state index is 0.650. The first-order chi connectivity index (χ1) is 3.66. The van der Waals surface area contributed by atoms with Crippen LogP contribution in [-0.4, -0.2) is 12.9 Å². The Labute approximate surface area is 49.9 Å². The van der Waals surface area contributed by atoms with Gasteiger partial charge in [0.1, 0.15) is 0 Å². The molecule has 0 aliphatic carbocycles. The summed E-state index contributed by atoms with van der Waals surface area (Å²) in [7, 11) is 1.68. The minimum absolute atomic E-state index is 0.650. The number of nitrogens with zero attached hydrogens (tertiary/aromatic N) is 1. The Kier molecular flexibility index (Phi) is 2.92. The summed E-state index contributed by atoms with van der Waals surface area (Å²) in [5.41, 5.74) is 0. The lowest BCUT2D eigenvalue weighted by molar-refractivity contribution is 0.416. The second-order valence-corrected chi connectivity index (χ2v) is 1.55. The van der Waals surface area contributed by atoms with Gasteiger partial charge in [-0.1, -0.05) is 6.58 Å². The zero-order valence-electron chi connectivity index (χ0n) is 5.56. The Morgan fingerprint density at radius 2 is 2.00 bits per heavy atom. The van der Waals surface area contributed by atoms with E-state index in [1.165, 1.54) is 0 Å². The van der Waals surface area contributed by atoms with Crippen molar-refractivity contribution in [3.8, 4) is 0 Å². The van der Waals surface area contributed by atoms with E-state index in [9.17, 15) is 0 Å². The molecule has 0 saturated heterocycles. The van der Waals surface area contributed by atoms with Crippen LogP contribution >= 0.6 is 0 Å². The van der Waals surface area contributed by atoms with Gasteiger partial charge in [0.15, 0.2) is 5.90 Å². The number of hydrogen-bond donors (Lipinski definition) is 0. The van der Waals surface area contributed by atoms with E-state index < -0.39 is 0 Å². The highest BCUT2D eigenvalue weighted by Crippen LogP contribution is 1.90. The lowest BCUT2D eigenvalue weighted by Crippen LogP contribution is -1.94. The van der Waals surface area contributed by atoms with E-state index in [1.54, 1.807) is 20.9 Å². The van der Waals surface area contributed by atoms with Crippen molar-refractivity contribution in [1.29, 1.82) is 0 Å². The lowest BCUT2D eigenvalue weighted by Gasteiger charge is -1.99. The van der Waals surface area contributed by atoms with Crippen LogP contribution in [0.25, 0.3) is 0 Å². The summed E-state index contributed by atoms with van der Waals surface area (Å²) in [6, 6.07) is 0. The second-order valence-electron chi connectivity index (χ2n) is 1.55. The molecule has 2 nitrogen and oxygen atoms in total. The summed E-state index contributed by atoms with van der Waals surface area (Å²) in [4.78, 5) is 3.76. The molecule has 46 valence electrons. The number of rotatable bonds is 1. The molecule has 0 bridgehead atoms. The van der Waals surface area contributed by atoms with Crippen LogP contribution in [0.2, 0.25) is 0 Å². The van der Waals surface area contributed by atoms with Gasteiger partial charge in [-0.25, -0.2) is 0 Å². The minimum Gasteiger partial charge on any atom is -0.449 e. The fraction of sp³-hybridized carbons (Fsp3) is 0.500. The molecule has 0 rings (SSSR count). The first-order valence-corrected chi connectivity index (χ1v) is 2.43. The quantitative estimate of drug-likeness (QED) is 0.287. The maximum Gasteiger partial charge on any atom is 0.186 e. The van der Waals surface area contributed by atoms with Gasteiger partial charge in [0.05, 0.1) is 5.76 Å². The maximum atomic E-state index is 4.95. The molecule has 2 heteroatoms. The molecule has 0 radical (unpaired) electrons. The normalized spacial score (nSPS) is 11.1. The van der Waals surface area contributed by atoms with E-state index in [-0.39, 0.29) is 0 Å². The second kappa shape index (κ2) is 3.24. The van der Waals surface area contributed by atoms with Gasteiger partial charge >= 0.3 is 0 Å². The maximum absolute atomic E-state index is 4.95. The van der Waals surface area contributed by atoms with Crippen molar-refractivity contribution in [3.63, 3.8) is 0 Å². The van der Waals surface area contributed by atoms with Crippen LogP contribution in [-0.2, 0) is 4.74 Å². The molecule has 0 spiro atoms. The smallest absolute Gasteiger partial charge is 0.186 e. The third-order valence-electron chi connectivity index (χ3n) is 0.637. The Hall–Kier alpha value is -0.790. The SMILES string of the molecule is C=C(C)O/C(C)=N/C. The fourth-order valence-corrected chi connectivity index (χ4v) is 0.298. The molecule has 0 amide bonds. The van der Waals surface area contributed by atoms with Crippen molar-refractivity contribution in [2.75, 3.05) is 7.05 Å². The molecule has 0 unspecified atom stereocenters. The third kappa shape index (κ3) is 3.40. The summed E-state index contributed by atoms with van der Waals surface area (Å²) in [6.07, 6.45) is 0. The first-order valence-electron chi connectivity index (χ1n) is 2.43. The van der Waals surface area contributed by atoms with E-state index >= 15 is 0 Å². The van der Waals surface area contributed by atoms with Gasteiger partial charge in [-0.15, -0.1) is 0 Å². The highest BCUT2D eigenvalue weighted by Gasteiger charge is 1.85. The molecule has 0 aromatic rings. The molecular formula is C6H11NO. The number of allylic oxidation sites excluding steroid dienone is 1. The Bertz CT molecular complexity index is 116. The molecule has 8 heavy (non-hydrogen) atoms. The highest BCUT2D eigenvalue weighted by molar-refractivity contribution is 5.73. The molecule has 0 heterocycles. The van der Waals surface area contributed by atoms with E-state index in [4.69, 9.17) is 4.74 Å². The topological polar surface area (TPSA) is 21.6 Å². The molecule has 0 aliphatic heterocycles. The zero-order valence-corrected chi connectivity index (χ0v) is 5.56. The predicted octanol–water partition coefficient (Wildman–Crippen LogP) is 1.58. The van der Waals surface area contributed by atoms with E-state index in [0.717, 1.165) is 0 Å². The summed E-state index contributed by atoms with van der Waals surface area (Å²) in [5, 5.41) is 0. The molecule has 0 aliphatic rings. The van der Waals surface area contributed by atoms with Crippen LogP contribution in [0.3, 0.4) is 0 Å². The van der Waals surface area contributed by atoms with Gasteiger partial charge < -0.3 is 4.74 Å². The Balaban J connectivity index is 3.56. The summed E-state index contributed by atoms with van der Waals surface area (Å²) < 4.78 is 4.95. The van der Waals surface area contributed by atoms with E-state index in [1.807, 2.05) is 0 Å². The average molecular weight is 113 g/mol. The van der Waals surface area contributed by atoms with Gasteiger partial charge in [0, 0.05) is 14.0 Å². The van der Waals surface area contributed by atoms with Gasteiger partial charge in [-0.2, -0.15) is 0 Å². The van der Waals surface area contributed by atoms with Crippen LogP contribution in [0.5, 0.6) is 0 Å². The van der Waals surface area contributed by atoms with Crippen LogP contribution in [0.1, 0.15) is 13.8 Å². The van der Waals surface area contributed by atoms with Gasteiger partial charge in [-0.05, 0) is 6.92 Å². The molecule has 0 aromatic heterocycles. The third-order valence-corrected chi connectivity index (χ3v) is 0.637. The van der Waals surface area contributed by atoms with Crippen LogP contribution in [0.4, 0.5) is 0 Å². The highest BCUT2D eigenvalue weighted by atomic mass is 16.5. The molecule has 0 fully saturated rings. The van der Waals surface area contributed by atoms with Crippen molar-refractivity contribution in [2.45, 2.75) is 13.8 Å². The average Bonchev–Trinajstić information content (AvgIpc) is 1.65. The van der Waals surface area contributed by atoms with E-state index in [0.29, 0.717) is 11.7 Å². The van der Waals surface area contributed by atoms with Crippen molar-refractivity contribution in [2.24, 2.45) is 4.99 Å². The molecular weight excluding hydrogens is 102 g/mol. The van der Waals surface area contributed by atoms with Gasteiger partial charge in [0.2, 0.25) is 0 Å². The van der Waals surface area contributed by atoms with Gasteiger partial charge in [-0.3, -0.25) is 4.99 Å². The van der Waals surface area contributed by atoms with Crippen LogP contribution in [0, 0.1) is 0 Å². The van der Waals surface area contributed by atoms with Crippen molar-refractivity contribution < 1.29 is 4.74 Å². The molecule has 0 atom stereocenters. The number of hydrogen-bond acceptors (Lipinski definition) is 2. The Morgan fingerprint density at radius 1 is 1.50 bits per heavy atom. The van der Waals surface area contributed by atoms with Crippen LogP contribution < -0.4 is 0 Å². The first kappa shape index (κ1) is 7.21. The van der Waals surface area contributed by atoms with Crippen LogP contribution in [0.15, 0.2) is 17.3 Å². The summed E-state index contributed by atoms with van der Waals surface area (Å²) in [6.45, 7) is 7.11. The summed E-state index contributed by atoms with van der Waals surface area (Å²) >= 11 is 0.